The fourth-order valence-corrected chi connectivity index (χ4v) is 2.15. The number of aryl methyl sites for hydroxylation is 1. The minimum absolute atomic E-state index is 0.155. The molecular weight excluding hydrogens is 284 g/mol. The monoisotopic (exact) mass is 302 g/mol. The summed E-state index contributed by atoms with van der Waals surface area (Å²) in [6.07, 6.45) is 0. The summed E-state index contributed by atoms with van der Waals surface area (Å²) in [6, 6.07) is 13.1. The van der Waals surface area contributed by atoms with Crippen molar-refractivity contribution in [3.8, 4) is 0 Å². The number of hydrogen-bond donors (Lipinski definition) is 2. The average Bonchev–Trinajstić information content (AvgIpc) is 2.48. The Balaban J connectivity index is 2.10. The molecule has 2 aromatic rings. The van der Waals surface area contributed by atoms with Crippen molar-refractivity contribution >= 4 is 23.2 Å². The molecule has 0 fully saturated rings. The fourth-order valence-electron chi connectivity index (χ4n) is 1.97. The van der Waals surface area contributed by atoms with Crippen LogP contribution in [0.1, 0.15) is 28.4 Å². The Morgan fingerprint density at radius 3 is 2.71 bits per heavy atom. The van der Waals surface area contributed by atoms with Crippen LogP contribution < -0.4 is 10.6 Å². The van der Waals surface area contributed by atoms with Crippen LogP contribution in [0.5, 0.6) is 0 Å². The van der Waals surface area contributed by atoms with Gasteiger partial charge in [0, 0.05) is 22.8 Å². The van der Waals surface area contributed by atoms with Gasteiger partial charge in [-0.15, -0.1) is 0 Å². The van der Waals surface area contributed by atoms with E-state index in [0.29, 0.717) is 10.6 Å². The van der Waals surface area contributed by atoms with Gasteiger partial charge in [-0.05, 0) is 48.9 Å². The van der Waals surface area contributed by atoms with E-state index in [9.17, 15) is 4.79 Å². The maximum absolute atomic E-state index is 12.2. The number of rotatable bonds is 5. The van der Waals surface area contributed by atoms with Crippen LogP contribution in [0.15, 0.2) is 42.5 Å². The molecule has 0 heterocycles. The average molecular weight is 303 g/mol. The maximum atomic E-state index is 12.2. The van der Waals surface area contributed by atoms with Gasteiger partial charge in [0.05, 0.1) is 0 Å². The number of nitrogens with one attached hydrogen (secondary N) is 2. The van der Waals surface area contributed by atoms with Crippen molar-refractivity contribution in [2.75, 3.05) is 11.9 Å². The van der Waals surface area contributed by atoms with Crippen molar-refractivity contribution < 1.29 is 4.79 Å². The Kier molecular flexibility index (Phi) is 5.37. The zero-order valence-electron chi connectivity index (χ0n) is 12.2. The normalized spacial score (nSPS) is 10.4. The number of anilines is 1. The fraction of sp³-hybridized carbons (Fsp3) is 0.235. The molecule has 0 atom stereocenters. The Labute approximate surface area is 130 Å². The van der Waals surface area contributed by atoms with E-state index in [1.165, 1.54) is 0 Å². The molecule has 0 aromatic heterocycles. The second kappa shape index (κ2) is 7.25. The van der Waals surface area contributed by atoms with Gasteiger partial charge in [-0.2, -0.15) is 0 Å². The smallest absolute Gasteiger partial charge is 0.255 e. The molecule has 0 aliphatic rings. The van der Waals surface area contributed by atoms with Crippen molar-refractivity contribution in [3.63, 3.8) is 0 Å². The highest BCUT2D eigenvalue weighted by atomic mass is 35.5. The zero-order valence-corrected chi connectivity index (χ0v) is 13.0. The van der Waals surface area contributed by atoms with Crippen LogP contribution in [0.2, 0.25) is 5.02 Å². The van der Waals surface area contributed by atoms with E-state index in [2.05, 4.69) is 17.6 Å². The van der Waals surface area contributed by atoms with E-state index in [1.54, 1.807) is 12.1 Å². The maximum Gasteiger partial charge on any atom is 0.255 e. The lowest BCUT2D eigenvalue weighted by atomic mass is 10.1. The minimum atomic E-state index is -0.155. The van der Waals surface area contributed by atoms with Crippen LogP contribution >= 0.6 is 11.6 Å². The number of carbonyl (C=O) groups excluding carboxylic acids is 1. The van der Waals surface area contributed by atoms with E-state index in [4.69, 9.17) is 11.6 Å². The summed E-state index contributed by atoms with van der Waals surface area (Å²) in [4.78, 5) is 12.2. The molecule has 2 N–H and O–H groups in total. The van der Waals surface area contributed by atoms with Gasteiger partial charge in [-0.3, -0.25) is 4.79 Å². The molecule has 0 saturated heterocycles. The number of carbonyl (C=O) groups is 1. The van der Waals surface area contributed by atoms with E-state index in [1.807, 2.05) is 37.3 Å². The highest BCUT2D eigenvalue weighted by Gasteiger charge is 2.08. The highest BCUT2D eigenvalue weighted by Crippen LogP contribution is 2.18. The quantitative estimate of drug-likeness (QED) is 0.876. The van der Waals surface area contributed by atoms with Crippen LogP contribution in [0.3, 0.4) is 0 Å². The summed E-state index contributed by atoms with van der Waals surface area (Å²) in [5.74, 6) is -0.155. The molecule has 1 amide bonds. The summed E-state index contributed by atoms with van der Waals surface area (Å²) in [5, 5.41) is 6.76. The number of hydrogen-bond acceptors (Lipinski definition) is 2. The Morgan fingerprint density at radius 2 is 2.00 bits per heavy atom. The SMILES string of the molecule is CCNCc1cccc(NC(=O)c2ccc(C)c(Cl)c2)c1. The largest absolute Gasteiger partial charge is 0.322 e. The first-order valence-electron chi connectivity index (χ1n) is 6.97. The van der Waals surface area contributed by atoms with Gasteiger partial charge in [0.25, 0.3) is 5.91 Å². The predicted molar refractivity (Wildman–Crippen MR) is 88.0 cm³/mol. The van der Waals surface area contributed by atoms with Crippen molar-refractivity contribution in [1.29, 1.82) is 0 Å². The van der Waals surface area contributed by atoms with Gasteiger partial charge in [-0.1, -0.05) is 36.7 Å². The second-order valence-corrected chi connectivity index (χ2v) is 5.31. The standard InChI is InChI=1S/C17H19ClN2O/c1-3-19-11-13-5-4-6-15(9-13)20-17(21)14-8-7-12(2)16(18)10-14/h4-10,19H,3,11H2,1-2H3,(H,20,21). The highest BCUT2D eigenvalue weighted by molar-refractivity contribution is 6.31. The van der Waals surface area contributed by atoms with Gasteiger partial charge < -0.3 is 10.6 Å². The molecule has 110 valence electrons. The second-order valence-electron chi connectivity index (χ2n) is 4.90. The summed E-state index contributed by atoms with van der Waals surface area (Å²) < 4.78 is 0. The summed E-state index contributed by atoms with van der Waals surface area (Å²) in [7, 11) is 0. The Bertz CT molecular complexity index is 640. The molecule has 4 heteroatoms. The summed E-state index contributed by atoms with van der Waals surface area (Å²) >= 11 is 6.06. The van der Waals surface area contributed by atoms with Gasteiger partial charge >= 0.3 is 0 Å². The lowest BCUT2D eigenvalue weighted by molar-refractivity contribution is 0.102. The van der Waals surface area contributed by atoms with Crippen LogP contribution in [0.4, 0.5) is 5.69 Å². The number of amides is 1. The molecule has 2 aromatic carbocycles. The van der Waals surface area contributed by atoms with Crippen LogP contribution in [-0.4, -0.2) is 12.5 Å². The van der Waals surface area contributed by atoms with E-state index in [-0.39, 0.29) is 5.91 Å². The van der Waals surface area contributed by atoms with Crippen molar-refractivity contribution in [2.45, 2.75) is 20.4 Å². The van der Waals surface area contributed by atoms with E-state index >= 15 is 0 Å². The Hall–Kier alpha value is -1.84. The molecule has 0 saturated carbocycles. The van der Waals surface area contributed by atoms with Gasteiger partial charge in [0.2, 0.25) is 0 Å². The van der Waals surface area contributed by atoms with Crippen molar-refractivity contribution in [3.05, 3.63) is 64.2 Å². The van der Waals surface area contributed by atoms with Gasteiger partial charge in [0.15, 0.2) is 0 Å². The molecule has 0 aliphatic heterocycles. The lowest BCUT2D eigenvalue weighted by Crippen LogP contribution is -2.14. The molecule has 0 bridgehead atoms. The Morgan fingerprint density at radius 1 is 1.19 bits per heavy atom. The third kappa shape index (κ3) is 4.31. The van der Waals surface area contributed by atoms with Gasteiger partial charge in [0.1, 0.15) is 0 Å². The third-order valence-electron chi connectivity index (χ3n) is 3.20. The third-order valence-corrected chi connectivity index (χ3v) is 3.61. The van der Waals surface area contributed by atoms with Crippen molar-refractivity contribution in [1.82, 2.24) is 5.32 Å². The van der Waals surface area contributed by atoms with E-state index in [0.717, 1.165) is 29.9 Å². The lowest BCUT2D eigenvalue weighted by Gasteiger charge is -2.09. The molecular formula is C17H19ClN2O. The number of halogens is 1. The van der Waals surface area contributed by atoms with Crippen LogP contribution in [0, 0.1) is 6.92 Å². The van der Waals surface area contributed by atoms with Crippen LogP contribution in [0.25, 0.3) is 0 Å². The molecule has 0 unspecified atom stereocenters. The topological polar surface area (TPSA) is 41.1 Å². The number of benzene rings is 2. The summed E-state index contributed by atoms with van der Waals surface area (Å²) in [6.45, 7) is 5.68. The van der Waals surface area contributed by atoms with Gasteiger partial charge in [-0.25, -0.2) is 0 Å². The first kappa shape index (κ1) is 15.5. The first-order valence-corrected chi connectivity index (χ1v) is 7.35. The molecule has 21 heavy (non-hydrogen) atoms. The van der Waals surface area contributed by atoms with E-state index < -0.39 is 0 Å². The van der Waals surface area contributed by atoms with Crippen LogP contribution in [-0.2, 0) is 6.54 Å². The summed E-state index contributed by atoms with van der Waals surface area (Å²) in [5.41, 5.74) is 3.44. The first-order chi connectivity index (χ1) is 10.1. The van der Waals surface area contributed by atoms with Crippen molar-refractivity contribution in [2.24, 2.45) is 0 Å². The molecule has 0 radical (unpaired) electrons. The predicted octanol–water partition coefficient (Wildman–Crippen LogP) is 4.01. The molecule has 2 rings (SSSR count). The molecule has 3 nitrogen and oxygen atoms in total. The molecule has 0 aliphatic carbocycles. The molecule has 0 spiro atoms. The minimum Gasteiger partial charge on any atom is -0.322 e. The zero-order chi connectivity index (χ0) is 15.2.